The second-order valence-electron chi connectivity index (χ2n) is 7.69. The van der Waals surface area contributed by atoms with Crippen LogP contribution in [0.1, 0.15) is 56.5 Å². The second kappa shape index (κ2) is 6.74. The van der Waals surface area contributed by atoms with Gasteiger partial charge in [0.05, 0.1) is 0 Å². The van der Waals surface area contributed by atoms with Gasteiger partial charge >= 0.3 is 5.97 Å². The van der Waals surface area contributed by atoms with Crippen LogP contribution in [0.4, 0.5) is 0 Å². The molecule has 3 rings (SSSR count). The van der Waals surface area contributed by atoms with Crippen molar-refractivity contribution in [3.8, 4) is 11.5 Å². The van der Waals surface area contributed by atoms with E-state index in [-0.39, 0.29) is 18.5 Å². The Bertz CT molecular complexity index is 754. The average molecular weight is 360 g/mol. The van der Waals surface area contributed by atoms with E-state index in [1.54, 1.807) is 32.9 Å². The van der Waals surface area contributed by atoms with Gasteiger partial charge in [0.2, 0.25) is 6.79 Å². The van der Waals surface area contributed by atoms with Crippen LogP contribution in [0.15, 0.2) is 12.1 Å². The third-order valence-corrected chi connectivity index (χ3v) is 4.43. The molecule has 140 valence electrons. The van der Waals surface area contributed by atoms with Crippen LogP contribution in [0.25, 0.3) is 0 Å². The maximum Gasteiger partial charge on any atom is 0.325 e. The molecular formula is C20H24O6. The second-order valence-corrected chi connectivity index (χ2v) is 7.69. The highest BCUT2D eigenvalue weighted by Crippen LogP contribution is 2.40. The number of carbonyl (C=O) groups excluding carboxylic acids is 3. The molecule has 1 aliphatic carbocycles. The number of ether oxygens (including phenoxy) is 3. The molecule has 0 bridgehead atoms. The van der Waals surface area contributed by atoms with Gasteiger partial charge in [0.1, 0.15) is 5.60 Å². The molecule has 0 N–H and O–H groups in total. The van der Waals surface area contributed by atoms with Crippen molar-refractivity contribution in [1.82, 2.24) is 0 Å². The molecule has 1 aromatic rings. The molecule has 1 fully saturated rings. The number of ketones is 2. The van der Waals surface area contributed by atoms with Crippen LogP contribution in [0.2, 0.25) is 0 Å². The summed E-state index contributed by atoms with van der Waals surface area (Å²) in [5, 5.41) is 0. The zero-order valence-corrected chi connectivity index (χ0v) is 15.6. The lowest BCUT2D eigenvalue weighted by molar-refractivity contribution is -0.160. The Kier molecular flexibility index (Phi) is 4.78. The van der Waals surface area contributed by atoms with E-state index in [0.717, 1.165) is 0 Å². The van der Waals surface area contributed by atoms with Gasteiger partial charge in [-0.15, -0.1) is 0 Å². The van der Waals surface area contributed by atoms with Gasteiger partial charge in [-0.25, -0.2) is 0 Å². The molecule has 1 saturated carbocycles. The van der Waals surface area contributed by atoms with Gasteiger partial charge in [-0.3, -0.25) is 14.4 Å². The van der Waals surface area contributed by atoms with Crippen LogP contribution in [0.5, 0.6) is 11.5 Å². The van der Waals surface area contributed by atoms with Gasteiger partial charge in [-0.2, -0.15) is 0 Å². The van der Waals surface area contributed by atoms with Gasteiger partial charge in [0.15, 0.2) is 29.0 Å². The van der Waals surface area contributed by atoms with E-state index in [1.165, 1.54) is 0 Å². The van der Waals surface area contributed by atoms with Crippen molar-refractivity contribution in [2.24, 2.45) is 11.8 Å². The first kappa shape index (κ1) is 18.4. The summed E-state index contributed by atoms with van der Waals surface area (Å²) in [5.74, 6) is -2.21. The molecule has 1 aromatic carbocycles. The summed E-state index contributed by atoms with van der Waals surface area (Å²) in [5.41, 5.74) is 0.200. The van der Waals surface area contributed by atoms with E-state index in [9.17, 15) is 14.4 Å². The van der Waals surface area contributed by atoms with Crippen molar-refractivity contribution in [2.45, 2.75) is 52.6 Å². The Morgan fingerprint density at radius 3 is 2.46 bits per heavy atom. The molecule has 1 unspecified atom stereocenters. The molecular weight excluding hydrogens is 336 g/mol. The summed E-state index contributed by atoms with van der Waals surface area (Å²) in [7, 11) is 0. The smallest absolute Gasteiger partial charge is 0.325 e. The van der Waals surface area contributed by atoms with Crippen molar-refractivity contribution in [1.29, 1.82) is 0 Å². The Balaban J connectivity index is 1.98. The van der Waals surface area contributed by atoms with E-state index in [0.29, 0.717) is 41.9 Å². The average Bonchev–Trinajstić information content (AvgIpc) is 3.29. The fraction of sp³-hybridized carbons (Fsp3) is 0.550. The highest BCUT2D eigenvalue weighted by atomic mass is 16.7. The number of benzene rings is 1. The topological polar surface area (TPSA) is 78.9 Å². The van der Waals surface area contributed by atoms with Gasteiger partial charge in [0, 0.05) is 17.0 Å². The summed E-state index contributed by atoms with van der Waals surface area (Å²) in [4.78, 5) is 38.6. The first-order chi connectivity index (χ1) is 12.2. The number of esters is 1. The molecule has 1 aliphatic heterocycles. The van der Waals surface area contributed by atoms with Crippen molar-refractivity contribution in [2.75, 3.05) is 6.79 Å². The molecule has 2 aliphatic rings. The number of fused-ring (bicyclic) bond motifs is 1. The largest absolute Gasteiger partial charge is 0.459 e. The molecule has 0 aromatic heterocycles. The molecule has 6 heteroatoms. The van der Waals surface area contributed by atoms with E-state index < -0.39 is 23.3 Å². The lowest BCUT2D eigenvalue weighted by Crippen LogP contribution is -2.38. The number of hydrogen-bond donors (Lipinski definition) is 0. The standard InChI is InChI=1S/C20H24O6/c1-5-12-13(8-9-14-18(12)25-10-24-14)17(22)15(16(21)11-6-7-11)19(23)26-20(2,3)4/h8-9,11,15H,5-7,10H2,1-4H3. The Morgan fingerprint density at radius 2 is 1.88 bits per heavy atom. The lowest BCUT2D eigenvalue weighted by Gasteiger charge is -2.23. The quantitative estimate of drug-likeness (QED) is 0.441. The summed E-state index contributed by atoms with van der Waals surface area (Å²) >= 11 is 0. The fourth-order valence-electron chi connectivity index (χ4n) is 3.08. The molecule has 0 amide bonds. The van der Waals surface area contributed by atoms with E-state index in [1.807, 2.05) is 6.92 Å². The minimum atomic E-state index is -1.42. The highest BCUT2D eigenvalue weighted by Gasteiger charge is 2.45. The fourth-order valence-corrected chi connectivity index (χ4v) is 3.08. The summed E-state index contributed by atoms with van der Waals surface area (Å²) < 4.78 is 16.2. The van der Waals surface area contributed by atoms with Gasteiger partial charge in [0.25, 0.3) is 0 Å². The monoisotopic (exact) mass is 360 g/mol. The summed E-state index contributed by atoms with van der Waals surface area (Å²) in [6, 6.07) is 3.24. The molecule has 0 saturated heterocycles. The highest BCUT2D eigenvalue weighted by molar-refractivity contribution is 6.24. The summed E-state index contributed by atoms with van der Waals surface area (Å²) in [6.45, 7) is 7.12. The first-order valence-electron chi connectivity index (χ1n) is 8.95. The van der Waals surface area contributed by atoms with Gasteiger partial charge in [-0.1, -0.05) is 6.92 Å². The molecule has 6 nitrogen and oxygen atoms in total. The predicted molar refractivity (Wildman–Crippen MR) is 93.3 cm³/mol. The maximum absolute atomic E-state index is 13.2. The van der Waals surface area contributed by atoms with Crippen molar-refractivity contribution in [3.05, 3.63) is 23.3 Å². The molecule has 1 atom stereocenters. The number of rotatable bonds is 6. The van der Waals surface area contributed by atoms with E-state index in [2.05, 4.69) is 0 Å². The van der Waals surface area contributed by atoms with Gasteiger partial charge < -0.3 is 14.2 Å². The van der Waals surface area contributed by atoms with Crippen molar-refractivity contribution in [3.63, 3.8) is 0 Å². The van der Waals surface area contributed by atoms with Crippen LogP contribution in [-0.2, 0) is 20.7 Å². The Morgan fingerprint density at radius 1 is 1.19 bits per heavy atom. The third-order valence-electron chi connectivity index (χ3n) is 4.43. The molecule has 26 heavy (non-hydrogen) atoms. The SMILES string of the molecule is CCc1c(C(=O)C(C(=O)OC(C)(C)C)C(=O)C2CC2)ccc2c1OCO2. The molecule has 0 spiro atoms. The predicted octanol–water partition coefficient (Wildman–Crippen LogP) is 3.10. The van der Waals surface area contributed by atoms with Crippen LogP contribution < -0.4 is 9.47 Å². The summed E-state index contributed by atoms with van der Waals surface area (Å²) in [6.07, 6.45) is 1.95. The number of hydrogen-bond acceptors (Lipinski definition) is 6. The Hall–Kier alpha value is -2.37. The minimum Gasteiger partial charge on any atom is -0.459 e. The van der Waals surface area contributed by atoms with Crippen LogP contribution in [0, 0.1) is 11.8 Å². The van der Waals surface area contributed by atoms with E-state index in [4.69, 9.17) is 14.2 Å². The zero-order chi connectivity index (χ0) is 19.1. The zero-order valence-electron chi connectivity index (χ0n) is 15.6. The van der Waals surface area contributed by atoms with Crippen LogP contribution in [-0.4, -0.2) is 29.9 Å². The number of Topliss-reactive ketones (excluding diaryl/α,β-unsaturated/α-hetero) is 2. The van der Waals surface area contributed by atoms with Crippen molar-refractivity contribution >= 4 is 17.5 Å². The van der Waals surface area contributed by atoms with Crippen molar-refractivity contribution < 1.29 is 28.6 Å². The molecule has 0 radical (unpaired) electrons. The lowest BCUT2D eigenvalue weighted by atomic mass is 9.88. The van der Waals surface area contributed by atoms with Gasteiger partial charge in [-0.05, 0) is 52.2 Å². The number of carbonyl (C=O) groups is 3. The van der Waals surface area contributed by atoms with Crippen LogP contribution in [0.3, 0.4) is 0 Å². The Labute approximate surface area is 152 Å². The normalized spacial score (nSPS) is 16.9. The minimum absolute atomic E-state index is 0.0937. The van der Waals surface area contributed by atoms with E-state index >= 15 is 0 Å². The first-order valence-corrected chi connectivity index (χ1v) is 8.95. The third kappa shape index (κ3) is 3.59. The molecule has 1 heterocycles. The maximum atomic E-state index is 13.2. The van der Waals surface area contributed by atoms with Crippen LogP contribution >= 0.6 is 0 Å².